The zero-order valence-electron chi connectivity index (χ0n) is 9.07. The second kappa shape index (κ2) is 5.38. The lowest BCUT2D eigenvalue weighted by Gasteiger charge is -1.97. The Morgan fingerprint density at radius 1 is 1.21 bits per heavy atom. The lowest BCUT2D eigenvalue weighted by molar-refractivity contribution is 0.836. The Morgan fingerprint density at radius 3 is 2.43 bits per heavy atom. The van der Waals surface area contributed by atoms with Crippen LogP contribution in [0.25, 0.3) is 6.08 Å². The van der Waals surface area contributed by atoms with Gasteiger partial charge in [0.15, 0.2) is 0 Å². The first-order valence-corrected chi connectivity index (χ1v) is 4.96. The van der Waals surface area contributed by atoms with Crippen LogP contribution in [0.3, 0.4) is 0 Å². The zero-order chi connectivity index (χ0) is 10.4. The first-order chi connectivity index (χ1) is 6.68. The molecule has 0 N–H and O–H groups in total. The Hall–Kier alpha value is -1.37. The van der Waals surface area contributed by atoms with E-state index in [9.17, 15) is 0 Å². The van der Waals surface area contributed by atoms with Crippen LogP contribution in [0, 0.1) is 0 Å². The van der Waals surface area contributed by atoms with E-state index in [-0.39, 0.29) is 0 Å². The molecule has 1 nitrogen and oxygen atoms in total. The molecule has 0 saturated carbocycles. The van der Waals surface area contributed by atoms with Crippen LogP contribution in [0.1, 0.15) is 26.3 Å². The standard InChI is InChI=1S/C13H17N/c1-11(2)14-12(3)9-10-13-7-5-4-6-8-13/h4-11H,1-3H3/b10-9+,14-12?. The van der Waals surface area contributed by atoms with Crippen molar-refractivity contribution in [3.63, 3.8) is 0 Å². The topological polar surface area (TPSA) is 12.4 Å². The summed E-state index contributed by atoms with van der Waals surface area (Å²) in [6.45, 7) is 6.19. The molecule has 0 heterocycles. The van der Waals surface area contributed by atoms with Crippen molar-refractivity contribution in [2.45, 2.75) is 26.8 Å². The summed E-state index contributed by atoms with van der Waals surface area (Å²) in [5.41, 5.74) is 2.29. The summed E-state index contributed by atoms with van der Waals surface area (Å²) >= 11 is 0. The van der Waals surface area contributed by atoms with Crippen LogP contribution in [0.2, 0.25) is 0 Å². The predicted molar refractivity (Wildman–Crippen MR) is 63.7 cm³/mol. The molecule has 14 heavy (non-hydrogen) atoms. The molecule has 0 aliphatic heterocycles. The summed E-state index contributed by atoms with van der Waals surface area (Å²) in [5, 5.41) is 0. The van der Waals surface area contributed by atoms with Crippen molar-refractivity contribution in [1.29, 1.82) is 0 Å². The number of rotatable bonds is 3. The number of hydrogen-bond acceptors (Lipinski definition) is 1. The molecule has 0 aromatic heterocycles. The van der Waals surface area contributed by atoms with Gasteiger partial charge in [0, 0.05) is 11.8 Å². The van der Waals surface area contributed by atoms with Crippen molar-refractivity contribution >= 4 is 11.8 Å². The molecule has 0 aliphatic carbocycles. The third-order valence-electron chi connectivity index (χ3n) is 1.78. The molecular formula is C13H17N. The fourth-order valence-electron chi connectivity index (χ4n) is 1.23. The molecule has 0 aliphatic rings. The number of aliphatic imine (C=N–C) groups is 1. The zero-order valence-corrected chi connectivity index (χ0v) is 9.07. The molecule has 1 aromatic carbocycles. The second-order valence-electron chi connectivity index (χ2n) is 3.61. The van der Waals surface area contributed by atoms with Gasteiger partial charge in [-0.2, -0.15) is 0 Å². The Balaban J connectivity index is 2.65. The van der Waals surface area contributed by atoms with Crippen molar-refractivity contribution in [3.05, 3.63) is 42.0 Å². The van der Waals surface area contributed by atoms with Gasteiger partial charge in [-0.1, -0.05) is 36.4 Å². The van der Waals surface area contributed by atoms with E-state index in [2.05, 4.69) is 43.1 Å². The highest BCUT2D eigenvalue weighted by atomic mass is 14.8. The highest BCUT2D eigenvalue weighted by Gasteiger charge is 1.88. The van der Waals surface area contributed by atoms with Crippen molar-refractivity contribution in [1.82, 2.24) is 0 Å². The maximum Gasteiger partial charge on any atom is 0.0446 e. The van der Waals surface area contributed by atoms with Gasteiger partial charge in [-0.05, 0) is 32.4 Å². The molecule has 0 fully saturated rings. The van der Waals surface area contributed by atoms with Gasteiger partial charge in [-0.15, -0.1) is 0 Å². The van der Waals surface area contributed by atoms with Gasteiger partial charge in [0.2, 0.25) is 0 Å². The number of nitrogens with zero attached hydrogens (tertiary/aromatic N) is 1. The Bertz CT molecular complexity index is 320. The van der Waals surface area contributed by atoms with Crippen LogP contribution in [0.5, 0.6) is 0 Å². The predicted octanol–water partition coefficient (Wildman–Crippen LogP) is 3.57. The minimum atomic E-state index is 0.371. The number of allylic oxidation sites excluding steroid dienone is 1. The van der Waals surface area contributed by atoms with Crippen molar-refractivity contribution < 1.29 is 0 Å². The smallest absolute Gasteiger partial charge is 0.0446 e. The lowest BCUT2D eigenvalue weighted by Crippen LogP contribution is -1.94. The number of hydrogen-bond donors (Lipinski definition) is 0. The van der Waals surface area contributed by atoms with Gasteiger partial charge in [-0.3, -0.25) is 4.99 Å². The van der Waals surface area contributed by atoms with E-state index in [1.165, 1.54) is 5.56 Å². The summed E-state index contributed by atoms with van der Waals surface area (Å²) in [6, 6.07) is 10.6. The fourth-order valence-corrected chi connectivity index (χ4v) is 1.23. The largest absolute Gasteiger partial charge is 0.287 e. The monoisotopic (exact) mass is 187 g/mol. The molecule has 1 heteroatoms. The Kier molecular flexibility index (Phi) is 4.11. The summed E-state index contributed by atoms with van der Waals surface area (Å²) in [7, 11) is 0. The van der Waals surface area contributed by atoms with E-state index < -0.39 is 0 Å². The highest BCUT2D eigenvalue weighted by Crippen LogP contribution is 2.01. The Morgan fingerprint density at radius 2 is 1.86 bits per heavy atom. The van der Waals surface area contributed by atoms with Crippen LogP contribution in [-0.2, 0) is 0 Å². The quantitative estimate of drug-likeness (QED) is 0.641. The van der Waals surface area contributed by atoms with Gasteiger partial charge in [-0.25, -0.2) is 0 Å². The van der Waals surface area contributed by atoms with Crippen LogP contribution in [-0.4, -0.2) is 11.8 Å². The molecule has 0 spiro atoms. The number of benzene rings is 1. The maximum atomic E-state index is 4.42. The minimum Gasteiger partial charge on any atom is -0.287 e. The SMILES string of the molecule is CC(/C=C/c1ccccc1)=NC(C)C. The molecule has 1 aromatic rings. The average Bonchev–Trinajstić information content (AvgIpc) is 2.15. The molecule has 0 saturated heterocycles. The van der Waals surface area contributed by atoms with Crippen LogP contribution < -0.4 is 0 Å². The first kappa shape index (κ1) is 10.7. The molecule has 0 amide bonds. The van der Waals surface area contributed by atoms with Gasteiger partial charge in [0.05, 0.1) is 0 Å². The van der Waals surface area contributed by atoms with Crippen molar-refractivity contribution in [2.75, 3.05) is 0 Å². The summed E-state index contributed by atoms with van der Waals surface area (Å²) in [6.07, 6.45) is 4.14. The summed E-state index contributed by atoms with van der Waals surface area (Å²) in [4.78, 5) is 4.42. The molecule has 0 bridgehead atoms. The summed E-state index contributed by atoms with van der Waals surface area (Å²) < 4.78 is 0. The van der Waals surface area contributed by atoms with E-state index in [0.717, 1.165) is 5.71 Å². The second-order valence-corrected chi connectivity index (χ2v) is 3.61. The summed E-state index contributed by atoms with van der Waals surface area (Å²) in [5.74, 6) is 0. The molecule has 0 radical (unpaired) electrons. The minimum absolute atomic E-state index is 0.371. The van der Waals surface area contributed by atoms with Crippen LogP contribution >= 0.6 is 0 Å². The van der Waals surface area contributed by atoms with E-state index >= 15 is 0 Å². The molecule has 74 valence electrons. The van der Waals surface area contributed by atoms with E-state index in [0.29, 0.717) is 6.04 Å². The first-order valence-electron chi connectivity index (χ1n) is 4.96. The maximum absolute atomic E-state index is 4.42. The van der Waals surface area contributed by atoms with Gasteiger partial charge in [0.1, 0.15) is 0 Å². The van der Waals surface area contributed by atoms with Crippen molar-refractivity contribution in [2.24, 2.45) is 4.99 Å². The van der Waals surface area contributed by atoms with Crippen LogP contribution in [0.15, 0.2) is 41.4 Å². The van der Waals surface area contributed by atoms with E-state index in [1.54, 1.807) is 0 Å². The average molecular weight is 187 g/mol. The van der Waals surface area contributed by atoms with E-state index in [4.69, 9.17) is 0 Å². The Labute approximate surface area is 86.2 Å². The fraction of sp³-hybridized carbons (Fsp3) is 0.308. The third kappa shape index (κ3) is 4.04. The molecule has 0 atom stereocenters. The lowest BCUT2D eigenvalue weighted by atomic mass is 10.2. The highest BCUT2D eigenvalue weighted by molar-refractivity contribution is 5.96. The molecular weight excluding hydrogens is 170 g/mol. The van der Waals surface area contributed by atoms with E-state index in [1.807, 2.05) is 25.1 Å². The molecule has 0 unspecified atom stereocenters. The van der Waals surface area contributed by atoms with Crippen molar-refractivity contribution in [3.8, 4) is 0 Å². The van der Waals surface area contributed by atoms with Crippen LogP contribution in [0.4, 0.5) is 0 Å². The normalized spacial score (nSPS) is 12.7. The van der Waals surface area contributed by atoms with Gasteiger partial charge in [0.25, 0.3) is 0 Å². The third-order valence-corrected chi connectivity index (χ3v) is 1.78. The van der Waals surface area contributed by atoms with Gasteiger partial charge < -0.3 is 0 Å². The van der Waals surface area contributed by atoms with Gasteiger partial charge >= 0.3 is 0 Å². The molecule has 1 rings (SSSR count).